The fraction of sp³-hybridized carbons (Fsp3) is 0.727. The number of carbonyl (C=O) groups excluding carboxylic acids is 3. The van der Waals surface area contributed by atoms with E-state index in [2.05, 4.69) is 0 Å². The fourth-order valence-electron chi connectivity index (χ4n) is 1.14. The molecule has 8 heteroatoms. The van der Waals surface area contributed by atoms with E-state index >= 15 is 0 Å². The Balaban J connectivity index is 4.45. The zero-order valence-corrected chi connectivity index (χ0v) is 12.4. The number of ether oxygens (including phenoxy) is 3. The molecule has 0 heterocycles. The van der Waals surface area contributed by atoms with Crippen LogP contribution in [0.1, 0.15) is 33.6 Å². The molecule has 0 unspecified atom stereocenters. The molecule has 19 heavy (non-hydrogen) atoms. The Morgan fingerprint density at radius 3 is 1.84 bits per heavy atom. The SMILES string of the molecule is CC(=O)OCCCC(Cl)(Cl)C(OC(C)=O)OC(C)=O. The van der Waals surface area contributed by atoms with Crippen LogP contribution in [0, 0.1) is 0 Å². The second-order valence-electron chi connectivity index (χ2n) is 3.76. The lowest BCUT2D eigenvalue weighted by molar-refractivity contribution is -0.187. The highest BCUT2D eigenvalue weighted by Crippen LogP contribution is 2.33. The normalized spacial score (nSPS) is 11.1. The van der Waals surface area contributed by atoms with Crippen LogP contribution in [0.5, 0.6) is 0 Å². The van der Waals surface area contributed by atoms with Gasteiger partial charge < -0.3 is 14.2 Å². The van der Waals surface area contributed by atoms with Gasteiger partial charge >= 0.3 is 17.9 Å². The van der Waals surface area contributed by atoms with Gasteiger partial charge in [-0.15, -0.1) is 0 Å². The van der Waals surface area contributed by atoms with E-state index < -0.39 is 28.5 Å². The van der Waals surface area contributed by atoms with Gasteiger partial charge in [-0.25, -0.2) is 0 Å². The average Bonchev–Trinajstić information content (AvgIpc) is 2.22. The minimum Gasteiger partial charge on any atom is -0.466 e. The molecule has 0 radical (unpaired) electrons. The number of halogens is 2. The molecule has 0 N–H and O–H groups in total. The summed E-state index contributed by atoms with van der Waals surface area (Å²) in [4.78, 5) is 32.4. The molecule has 0 aliphatic rings. The molecule has 0 spiro atoms. The highest BCUT2D eigenvalue weighted by molar-refractivity contribution is 6.48. The van der Waals surface area contributed by atoms with Crippen LogP contribution in [-0.2, 0) is 28.6 Å². The molecule has 0 amide bonds. The van der Waals surface area contributed by atoms with E-state index in [1.807, 2.05) is 0 Å². The van der Waals surface area contributed by atoms with Crippen molar-refractivity contribution in [1.29, 1.82) is 0 Å². The molecular weight excluding hydrogens is 299 g/mol. The second-order valence-corrected chi connectivity index (χ2v) is 5.30. The Morgan fingerprint density at radius 1 is 1.00 bits per heavy atom. The molecule has 0 aliphatic carbocycles. The summed E-state index contributed by atoms with van der Waals surface area (Å²) in [5, 5.41) is 0. The molecule has 0 bridgehead atoms. The third-order valence-electron chi connectivity index (χ3n) is 1.85. The first-order chi connectivity index (χ1) is 8.65. The molecule has 0 saturated heterocycles. The number of hydrogen-bond donors (Lipinski definition) is 0. The van der Waals surface area contributed by atoms with Crippen molar-refractivity contribution in [2.75, 3.05) is 6.61 Å². The smallest absolute Gasteiger partial charge is 0.305 e. The molecule has 0 atom stereocenters. The molecule has 0 aromatic carbocycles. The largest absolute Gasteiger partial charge is 0.466 e. The molecule has 6 nitrogen and oxygen atoms in total. The van der Waals surface area contributed by atoms with Gasteiger partial charge in [0, 0.05) is 20.8 Å². The number of esters is 3. The molecular formula is C11H16Cl2O6. The summed E-state index contributed by atoms with van der Waals surface area (Å²) in [6.45, 7) is 3.66. The Labute approximate surface area is 121 Å². The van der Waals surface area contributed by atoms with Crippen LogP contribution in [0.2, 0.25) is 0 Å². The van der Waals surface area contributed by atoms with E-state index in [0.29, 0.717) is 6.42 Å². The van der Waals surface area contributed by atoms with Gasteiger partial charge in [0.05, 0.1) is 6.61 Å². The molecule has 0 aliphatic heterocycles. The predicted octanol–water partition coefficient (Wildman–Crippen LogP) is 1.96. The summed E-state index contributed by atoms with van der Waals surface area (Å²) in [6.07, 6.45) is -0.983. The van der Waals surface area contributed by atoms with Crippen LogP contribution < -0.4 is 0 Å². The highest BCUT2D eigenvalue weighted by Gasteiger charge is 2.40. The minimum absolute atomic E-state index is 0.106. The van der Waals surface area contributed by atoms with Crippen molar-refractivity contribution < 1.29 is 28.6 Å². The van der Waals surface area contributed by atoms with E-state index in [1.54, 1.807) is 0 Å². The number of hydrogen-bond acceptors (Lipinski definition) is 6. The van der Waals surface area contributed by atoms with Crippen LogP contribution in [0.4, 0.5) is 0 Å². The van der Waals surface area contributed by atoms with Gasteiger partial charge in [0.15, 0.2) is 4.33 Å². The van der Waals surface area contributed by atoms with Crippen LogP contribution >= 0.6 is 23.2 Å². The lowest BCUT2D eigenvalue weighted by Gasteiger charge is -2.28. The van der Waals surface area contributed by atoms with Gasteiger partial charge in [0.2, 0.25) is 0 Å². The summed E-state index contributed by atoms with van der Waals surface area (Å²) in [7, 11) is 0. The maximum Gasteiger partial charge on any atom is 0.305 e. The molecule has 0 aromatic rings. The minimum atomic E-state index is -1.61. The third kappa shape index (κ3) is 8.67. The van der Waals surface area contributed by atoms with Crippen molar-refractivity contribution in [1.82, 2.24) is 0 Å². The summed E-state index contributed by atoms with van der Waals surface area (Å²) in [6, 6.07) is 0. The molecule has 0 rings (SSSR count). The topological polar surface area (TPSA) is 78.9 Å². The van der Waals surface area contributed by atoms with Crippen LogP contribution in [-0.4, -0.2) is 35.1 Å². The van der Waals surface area contributed by atoms with Gasteiger partial charge in [0.1, 0.15) is 0 Å². The van der Waals surface area contributed by atoms with Gasteiger partial charge in [-0.05, 0) is 12.8 Å². The fourth-order valence-corrected chi connectivity index (χ4v) is 1.58. The quantitative estimate of drug-likeness (QED) is 0.309. The second kappa shape index (κ2) is 8.22. The van der Waals surface area contributed by atoms with E-state index in [-0.39, 0.29) is 13.0 Å². The Hall–Kier alpha value is -1.01. The van der Waals surface area contributed by atoms with E-state index in [4.69, 9.17) is 37.4 Å². The average molecular weight is 315 g/mol. The van der Waals surface area contributed by atoms with Gasteiger partial charge in [-0.1, -0.05) is 23.2 Å². The van der Waals surface area contributed by atoms with E-state index in [1.165, 1.54) is 6.92 Å². The maximum atomic E-state index is 10.9. The van der Waals surface area contributed by atoms with Crippen molar-refractivity contribution in [2.24, 2.45) is 0 Å². The Bertz CT molecular complexity index is 326. The molecule has 110 valence electrons. The third-order valence-corrected chi connectivity index (χ3v) is 2.58. The molecule has 0 aromatic heterocycles. The Morgan fingerprint density at radius 2 is 1.47 bits per heavy atom. The number of alkyl halides is 2. The van der Waals surface area contributed by atoms with E-state index in [0.717, 1.165) is 13.8 Å². The predicted molar refractivity (Wildman–Crippen MR) is 67.6 cm³/mol. The highest BCUT2D eigenvalue weighted by atomic mass is 35.5. The van der Waals surface area contributed by atoms with Crippen molar-refractivity contribution >= 4 is 41.1 Å². The van der Waals surface area contributed by atoms with Crippen LogP contribution in [0.3, 0.4) is 0 Å². The van der Waals surface area contributed by atoms with Crippen molar-refractivity contribution in [3.63, 3.8) is 0 Å². The lowest BCUT2D eigenvalue weighted by atomic mass is 10.2. The van der Waals surface area contributed by atoms with Crippen molar-refractivity contribution in [3.05, 3.63) is 0 Å². The standard InChI is InChI=1S/C11H16Cl2O6/c1-7(14)17-6-4-5-11(12,13)10(18-8(2)15)19-9(3)16/h10H,4-6H2,1-3H3. The maximum absolute atomic E-state index is 10.9. The summed E-state index contributed by atoms with van der Waals surface area (Å²) in [5.41, 5.74) is 0. The van der Waals surface area contributed by atoms with Crippen molar-refractivity contribution in [3.8, 4) is 0 Å². The first kappa shape index (κ1) is 18.0. The Kier molecular flexibility index (Phi) is 7.78. The summed E-state index contributed by atoms with van der Waals surface area (Å²) >= 11 is 12.0. The van der Waals surface area contributed by atoms with Crippen LogP contribution in [0.15, 0.2) is 0 Å². The number of carbonyl (C=O) groups is 3. The summed E-state index contributed by atoms with van der Waals surface area (Å²) < 4.78 is 12.6. The van der Waals surface area contributed by atoms with E-state index in [9.17, 15) is 14.4 Å². The first-order valence-electron chi connectivity index (χ1n) is 5.51. The zero-order chi connectivity index (χ0) is 15.1. The number of rotatable bonds is 7. The van der Waals surface area contributed by atoms with Crippen LogP contribution in [0.25, 0.3) is 0 Å². The zero-order valence-electron chi connectivity index (χ0n) is 10.9. The van der Waals surface area contributed by atoms with Gasteiger partial charge in [-0.3, -0.25) is 14.4 Å². The molecule has 0 fully saturated rings. The lowest BCUT2D eigenvalue weighted by Crippen LogP contribution is -2.39. The van der Waals surface area contributed by atoms with Crippen molar-refractivity contribution in [2.45, 2.75) is 44.2 Å². The molecule has 0 saturated carbocycles. The summed E-state index contributed by atoms with van der Waals surface area (Å²) in [5.74, 6) is -1.79. The van der Waals surface area contributed by atoms with Gasteiger partial charge in [0.25, 0.3) is 6.29 Å². The monoisotopic (exact) mass is 314 g/mol. The van der Waals surface area contributed by atoms with Gasteiger partial charge in [-0.2, -0.15) is 0 Å². The first-order valence-corrected chi connectivity index (χ1v) is 6.26.